The van der Waals surface area contributed by atoms with Crippen molar-refractivity contribution < 1.29 is 19.4 Å². The van der Waals surface area contributed by atoms with Gasteiger partial charge in [-0.05, 0) is 30.2 Å². The van der Waals surface area contributed by atoms with Crippen molar-refractivity contribution in [2.24, 2.45) is 0 Å². The monoisotopic (exact) mass is 350 g/mol. The second-order valence-electron chi connectivity index (χ2n) is 4.95. The molecule has 2 rings (SSSR count). The fraction of sp³-hybridized carbons (Fsp3) is 0.312. The van der Waals surface area contributed by atoms with E-state index in [4.69, 9.17) is 17.0 Å². The molecule has 0 radical (unpaired) electrons. The van der Waals surface area contributed by atoms with Crippen LogP contribution in [0.4, 0.5) is 0 Å². The van der Waals surface area contributed by atoms with E-state index in [1.165, 1.54) is 0 Å². The fourth-order valence-corrected chi connectivity index (χ4v) is 3.61. The van der Waals surface area contributed by atoms with Crippen LogP contribution in [0.2, 0.25) is 0 Å². The van der Waals surface area contributed by atoms with E-state index >= 15 is 0 Å². The van der Waals surface area contributed by atoms with Crippen molar-refractivity contribution >= 4 is 46.3 Å². The third-order valence-corrected chi connectivity index (χ3v) is 4.69. The van der Waals surface area contributed by atoms with Gasteiger partial charge in [0.1, 0.15) is 10.1 Å². The van der Waals surface area contributed by atoms with Gasteiger partial charge in [0.2, 0.25) is 0 Å². The van der Waals surface area contributed by atoms with E-state index < -0.39 is 17.9 Å². The van der Waals surface area contributed by atoms with Crippen LogP contribution in [-0.4, -0.2) is 34.2 Å². The van der Waals surface area contributed by atoms with E-state index in [1.54, 1.807) is 25.3 Å². The molecule has 0 saturated carbocycles. The number of hydrogen-bond acceptors (Lipinski definition) is 6. The predicted octanol–water partition coefficient (Wildman–Crippen LogP) is 1.81. The molecule has 1 atom stereocenters. The molecule has 0 N–H and O–H groups in total. The van der Waals surface area contributed by atoms with Crippen molar-refractivity contribution in [2.45, 2.75) is 25.8 Å². The molecular weight excluding hydrogens is 334 g/mol. The van der Waals surface area contributed by atoms with Gasteiger partial charge in [-0.1, -0.05) is 49.5 Å². The summed E-state index contributed by atoms with van der Waals surface area (Å²) >= 11 is 6.28. The molecule has 0 aliphatic carbocycles. The number of ether oxygens (including phenoxy) is 1. The number of carboxylic acids is 1. The minimum Gasteiger partial charge on any atom is -0.548 e. The number of hydrogen-bond donors (Lipinski definition) is 0. The summed E-state index contributed by atoms with van der Waals surface area (Å²) in [5, 5.41) is 11.3. The van der Waals surface area contributed by atoms with Gasteiger partial charge in [-0.15, -0.1) is 0 Å². The molecule has 0 aromatic heterocycles. The molecular formula is C16H16NO4S2-. The van der Waals surface area contributed by atoms with Crippen LogP contribution >= 0.6 is 24.0 Å². The Morgan fingerprint density at radius 2 is 2.26 bits per heavy atom. The minimum atomic E-state index is -1.29. The van der Waals surface area contributed by atoms with Gasteiger partial charge in [0.15, 0.2) is 0 Å². The Kier molecular flexibility index (Phi) is 5.79. The highest BCUT2D eigenvalue weighted by Gasteiger charge is 2.37. The fourth-order valence-electron chi connectivity index (χ4n) is 2.26. The van der Waals surface area contributed by atoms with Crippen molar-refractivity contribution in [1.29, 1.82) is 0 Å². The first-order valence-corrected chi connectivity index (χ1v) is 8.32. The summed E-state index contributed by atoms with van der Waals surface area (Å²) in [6, 6.07) is 6.21. The van der Waals surface area contributed by atoms with E-state index in [1.807, 2.05) is 19.1 Å². The van der Waals surface area contributed by atoms with Crippen molar-refractivity contribution in [3.8, 4) is 5.75 Å². The van der Waals surface area contributed by atoms with Gasteiger partial charge in [0, 0.05) is 0 Å². The number of carbonyl (C=O) groups excluding carboxylic acids is 2. The lowest BCUT2D eigenvalue weighted by Gasteiger charge is -2.27. The predicted molar refractivity (Wildman–Crippen MR) is 91.7 cm³/mol. The van der Waals surface area contributed by atoms with Crippen LogP contribution in [0.1, 0.15) is 25.3 Å². The van der Waals surface area contributed by atoms with Crippen LogP contribution in [0.5, 0.6) is 5.75 Å². The number of carboxylic acid groups (broad SMARTS) is 1. The maximum atomic E-state index is 12.5. The average molecular weight is 350 g/mol. The summed E-state index contributed by atoms with van der Waals surface area (Å²) in [6.45, 7) is 1.85. The van der Waals surface area contributed by atoms with E-state index in [2.05, 4.69) is 0 Å². The number of aliphatic carboxylic acids is 1. The number of nitrogens with zero attached hydrogens (tertiary/aromatic N) is 1. The van der Waals surface area contributed by atoms with E-state index in [-0.39, 0.29) is 4.32 Å². The zero-order valence-corrected chi connectivity index (χ0v) is 14.4. The number of benzene rings is 1. The Hall–Kier alpha value is -1.86. The van der Waals surface area contributed by atoms with Crippen molar-refractivity contribution in [3.05, 3.63) is 34.7 Å². The third-order valence-electron chi connectivity index (χ3n) is 3.36. The summed E-state index contributed by atoms with van der Waals surface area (Å²) in [4.78, 5) is 25.4. The molecule has 1 aromatic carbocycles. The lowest BCUT2D eigenvalue weighted by atomic mass is 10.1. The third kappa shape index (κ3) is 3.92. The topological polar surface area (TPSA) is 69.7 Å². The summed E-state index contributed by atoms with van der Waals surface area (Å²) in [5.41, 5.74) is 0.783. The van der Waals surface area contributed by atoms with Crippen LogP contribution in [0.15, 0.2) is 29.2 Å². The standard InChI is InChI=1S/C16H17NO4S2/c1-3-5-12(15(19)20)17-14(18)13(23-16(17)22)9-10-6-4-7-11(8-10)21-2/h4,6-9,12H,3,5H2,1-2H3,(H,19,20)/p-1/b13-9-/t12-/m0/s1. The number of methoxy groups -OCH3 is 1. The maximum Gasteiger partial charge on any atom is 0.266 e. The Bertz CT molecular complexity index is 672. The first-order chi connectivity index (χ1) is 11.0. The quantitative estimate of drug-likeness (QED) is 0.576. The van der Waals surface area contributed by atoms with Gasteiger partial charge in [-0.2, -0.15) is 0 Å². The Balaban J connectivity index is 2.29. The number of amides is 1. The molecule has 1 aliphatic heterocycles. The molecule has 1 aliphatic rings. The molecule has 23 heavy (non-hydrogen) atoms. The summed E-state index contributed by atoms with van der Waals surface area (Å²) in [7, 11) is 1.56. The number of carbonyl (C=O) groups is 2. The zero-order chi connectivity index (χ0) is 17.0. The van der Waals surface area contributed by atoms with Crippen molar-refractivity contribution in [1.82, 2.24) is 4.90 Å². The van der Waals surface area contributed by atoms with Gasteiger partial charge in [-0.25, -0.2) is 0 Å². The lowest BCUT2D eigenvalue weighted by molar-refractivity contribution is -0.310. The molecule has 0 bridgehead atoms. The first kappa shape index (κ1) is 17.5. The van der Waals surface area contributed by atoms with Gasteiger partial charge >= 0.3 is 0 Å². The smallest absolute Gasteiger partial charge is 0.266 e. The highest BCUT2D eigenvalue weighted by molar-refractivity contribution is 8.26. The van der Waals surface area contributed by atoms with Crippen LogP contribution in [0, 0.1) is 0 Å². The van der Waals surface area contributed by atoms with E-state index in [0.29, 0.717) is 23.5 Å². The van der Waals surface area contributed by atoms with Gasteiger partial charge in [0.05, 0.1) is 24.0 Å². The van der Waals surface area contributed by atoms with Crippen LogP contribution in [-0.2, 0) is 9.59 Å². The largest absolute Gasteiger partial charge is 0.548 e. The number of rotatable bonds is 6. The SMILES string of the molecule is CCC[C@@H](C(=O)[O-])N1C(=O)/C(=C/c2cccc(OC)c2)SC1=S. The van der Waals surface area contributed by atoms with Crippen LogP contribution in [0.3, 0.4) is 0 Å². The Morgan fingerprint density at radius 1 is 1.52 bits per heavy atom. The van der Waals surface area contributed by atoms with Crippen molar-refractivity contribution in [3.63, 3.8) is 0 Å². The Morgan fingerprint density at radius 3 is 2.87 bits per heavy atom. The normalized spacial score (nSPS) is 17.7. The van der Waals surface area contributed by atoms with Crippen LogP contribution < -0.4 is 9.84 Å². The van der Waals surface area contributed by atoms with Gasteiger partial charge in [0.25, 0.3) is 5.91 Å². The first-order valence-electron chi connectivity index (χ1n) is 7.10. The average Bonchev–Trinajstić information content (AvgIpc) is 2.79. The maximum absolute atomic E-state index is 12.5. The molecule has 1 saturated heterocycles. The number of thioether (sulfide) groups is 1. The highest BCUT2D eigenvalue weighted by atomic mass is 32.2. The van der Waals surface area contributed by atoms with Crippen molar-refractivity contribution in [2.75, 3.05) is 7.11 Å². The molecule has 0 spiro atoms. The second kappa shape index (κ2) is 7.61. The minimum absolute atomic E-state index is 0.242. The second-order valence-corrected chi connectivity index (χ2v) is 6.63. The Labute approximate surface area is 144 Å². The van der Waals surface area contributed by atoms with Gasteiger partial charge in [-0.3, -0.25) is 9.69 Å². The van der Waals surface area contributed by atoms with E-state index in [9.17, 15) is 14.7 Å². The van der Waals surface area contributed by atoms with Crippen LogP contribution in [0.25, 0.3) is 6.08 Å². The molecule has 1 amide bonds. The molecule has 7 heteroatoms. The molecule has 5 nitrogen and oxygen atoms in total. The molecule has 1 fully saturated rings. The summed E-state index contributed by atoms with van der Waals surface area (Å²) < 4.78 is 5.39. The van der Waals surface area contributed by atoms with E-state index in [0.717, 1.165) is 22.2 Å². The lowest BCUT2D eigenvalue weighted by Crippen LogP contribution is -2.49. The zero-order valence-electron chi connectivity index (χ0n) is 12.8. The molecule has 1 heterocycles. The van der Waals surface area contributed by atoms with Gasteiger partial charge < -0.3 is 14.6 Å². The molecule has 1 aromatic rings. The molecule has 122 valence electrons. The summed E-state index contributed by atoms with van der Waals surface area (Å²) in [5.74, 6) is -1.01. The molecule has 0 unspecified atom stereocenters. The number of thiocarbonyl (C=S) groups is 1. The highest BCUT2D eigenvalue weighted by Crippen LogP contribution is 2.35. The summed E-state index contributed by atoms with van der Waals surface area (Å²) in [6.07, 6.45) is 2.60.